The maximum Gasteiger partial charge on any atom is 0.272 e. The molecule has 0 fully saturated rings. The Kier molecular flexibility index (Phi) is 2.59. The number of halogens is 1. The van der Waals surface area contributed by atoms with Gasteiger partial charge in [0.05, 0.1) is 17.3 Å². The first-order valence-electron chi connectivity index (χ1n) is 3.36. The van der Waals surface area contributed by atoms with E-state index in [0.29, 0.717) is 0 Å². The highest BCUT2D eigenvalue weighted by Crippen LogP contribution is 2.22. The van der Waals surface area contributed by atoms with Crippen LogP contribution in [0.4, 0.5) is 10.1 Å². The van der Waals surface area contributed by atoms with Crippen LogP contribution in [0.1, 0.15) is 0 Å². The highest BCUT2D eigenvalue weighted by molar-refractivity contribution is 5.37. The average Bonchev–Trinajstić information content (AvgIpc) is 2.08. The lowest BCUT2D eigenvalue weighted by molar-refractivity contribution is -0.385. The van der Waals surface area contributed by atoms with E-state index in [1.807, 2.05) is 0 Å². The van der Waals surface area contributed by atoms with Crippen molar-refractivity contribution in [3.63, 3.8) is 0 Å². The molecule has 0 radical (unpaired) electrons. The van der Waals surface area contributed by atoms with Crippen molar-refractivity contribution in [1.29, 1.82) is 0 Å². The fourth-order valence-corrected chi connectivity index (χ4v) is 0.789. The van der Waals surface area contributed by atoms with Gasteiger partial charge in [0.2, 0.25) is 0 Å². The van der Waals surface area contributed by atoms with Gasteiger partial charge in [-0.15, -0.1) is 0 Å². The van der Waals surface area contributed by atoms with Crippen molar-refractivity contribution in [3.8, 4) is 5.75 Å². The molecule has 1 aromatic rings. The Bertz CT molecular complexity index is 351. The molecule has 0 aliphatic rings. The van der Waals surface area contributed by atoms with Crippen LogP contribution in [0.15, 0.2) is 31.0 Å². The molecule has 0 N–H and O–H groups in total. The van der Waals surface area contributed by atoms with E-state index in [1.54, 1.807) is 0 Å². The smallest absolute Gasteiger partial charge is 0.272 e. The summed E-state index contributed by atoms with van der Waals surface area (Å²) < 4.78 is 17.6. The Morgan fingerprint density at radius 1 is 1.62 bits per heavy atom. The summed E-state index contributed by atoms with van der Waals surface area (Å²) in [6, 6.07) is 3.12. The standard InChI is InChI=1S/C8H6FNO3/c1-2-13-8-4-3-6(10(11)12)5-7(8)9/h2-5H,1H2. The lowest BCUT2D eigenvalue weighted by Gasteiger charge is -1.99. The van der Waals surface area contributed by atoms with Crippen molar-refractivity contribution < 1.29 is 14.1 Å². The fourth-order valence-electron chi connectivity index (χ4n) is 0.789. The number of nitro groups is 1. The minimum atomic E-state index is -0.783. The van der Waals surface area contributed by atoms with Gasteiger partial charge in [0.15, 0.2) is 11.6 Å². The molecule has 1 aromatic carbocycles. The molecular weight excluding hydrogens is 177 g/mol. The van der Waals surface area contributed by atoms with Crippen LogP contribution < -0.4 is 4.74 Å². The van der Waals surface area contributed by atoms with Gasteiger partial charge in [0, 0.05) is 6.07 Å². The number of hydrogen-bond acceptors (Lipinski definition) is 3. The van der Waals surface area contributed by atoms with Crippen LogP contribution in [0, 0.1) is 15.9 Å². The first-order valence-corrected chi connectivity index (χ1v) is 3.36. The summed E-state index contributed by atoms with van der Waals surface area (Å²) in [6.45, 7) is 3.23. The number of hydrogen-bond donors (Lipinski definition) is 0. The van der Waals surface area contributed by atoms with E-state index in [0.717, 1.165) is 18.4 Å². The van der Waals surface area contributed by atoms with Gasteiger partial charge >= 0.3 is 0 Å². The van der Waals surface area contributed by atoms with Gasteiger partial charge < -0.3 is 4.74 Å². The van der Waals surface area contributed by atoms with Crippen LogP contribution in [0.25, 0.3) is 0 Å². The summed E-state index contributed by atoms with van der Waals surface area (Å²) in [4.78, 5) is 9.52. The molecule has 0 aliphatic carbocycles. The summed E-state index contributed by atoms with van der Waals surface area (Å²) in [7, 11) is 0. The molecular formula is C8H6FNO3. The molecule has 13 heavy (non-hydrogen) atoms. The molecule has 1 rings (SSSR count). The molecule has 0 aliphatic heterocycles. The average molecular weight is 183 g/mol. The molecule has 0 atom stereocenters. The number of benzene rings is 1. The number of ether oxygens (including phenoxy) is 1. The molecule has 0 bridgehead atoms. The van der Waals surface area contributed by atoms with Crippen LogP contribution in [0.3, 0.4) is 0 Å². The van der Waals surface area contributed by atoms with Crippen molar-refractivity contribution in [3.05, 3.63) is 47.0 Å². The van der Waals surface area contributed by atoms with Gasteiger partial charge in [-0.25, -0.2) is 4.39 Å². The summed E-state index contributed by atoms with van der Waals surface area (Å²) in [5.41, 5.74) is -0.311. The third-order valence-electron chi connectivity index (χ3n) is 1.34. The zero-order chi connectivity index (χ0) is 9.84. The van der Waals surface area contributed by atoms with E-state index < -0.39 is 10.7 Å². The zero-order valence-corrected chi connectivity index (χ0v) is 6.57. The summed E-state index contributed by atoms with van der Waals surface area (Å²) >= 11 is 0. The molecule has 68 valence electrons. The van der Waals surface area contributed by atoms with Gasteiger partial charge in [-0.1, -0.05) is 6.58 Å². The molecule has 0 heterocycles. The predicted octanol–water partition coefficient (Wildman–Crippen LogP) is 2.26. The molecule has 0 amide bonds. The van der Waals surface area contributed by atoms with E-state index in [1.165, 1.54) is 6.07 Å². The number of rotatable bonds is 3. The topological polar surface area (TPSA) is 52.4 Å². The molecule has 4 nitrogen and oxygen atoms in total. The van der Waals surface area contributed by atoms with Crippen molar-refractivity contribution in [2.24, 2.45) is 0 Å². The number of non-ortho nitro benzene ring substituents is 1. The fraction of sp³-hybridized carbons (Fsp3) is 0. The predicted molar refractivity (Wildman–Crippen MR) is 43.9 cm³/mol. The van der Waals surface area contributed by atoms with Gasteiger partial charge in [-0.05, 0) is 6.07 Å². The minimum absolute atomic E-state index is 0.0828. The molecule has 0 aromatic heterocycles. The van der Waals surface area contributed by atoms with E-state index in [2.05, 4.69) is 11.3 Å². The molecule has 0 unspecified atom stereocenters. The summed E-state index contributed by atoms with van der Waals surface area (Å²) in [6.07, 6.45) is 1.05. The summed E-state index contributed by atoms with van der Waals surface area (Å²) in [5.74, 6) is -0.866. The summed E-state index contributed by atoms with van der Waals surface area (Å²) in [5, 5.41) is 10.2. The minimum Gasteiger partial charge on any atom is -0.463 e. The van der Waals surface area contributed by atoms with Crippen molar-refractivity contribution in [1.82, 2.24) is 0 Å². The Morgan fingerprint density at radius 3 is 2.77 bits per heavy atom. The second-order valence-electron chi connectivity index (χ2n) is 2.16. The van der Waals surface area contributed by atoms with Gasteiger partial charge in [0.25, 0.3) is 5.69 Å². The highest BCUT2D eigenvalue weighted by Gasteiger charge is 2.10. The lowest BCUT2D eigenvalue weighted by Crippen LogP contribution is -1.91. The third-order valence-corrected chi connectivity index (χ3v) is 1.34. The quantitative estimate of drug-likeness (QED) is 0.410. The normalized spacial score (nSPS) is 9.31. The second kappa shape index (κ2) is 3.66. The monoisotopic (exact) mass is 183 g/mol. The highest BCUT2D eigenvalue weighted by atomic mass is 19.1. The lowest BCUT2D eigenvalue weighted by atomic mass is 10.3. The third kappa shape index (κ3) is 2.02. The van der Waals surface area contributed by atoms with E-state index in [-0.39, 0.29) is 11.4 Å². The number of nitro benzene ring substituents is 1. The first-order chi connectivity index (χ1) is 6.15. The molecule has 5 heteroatoms. The Hall–Kier alpha value is -1.91. The molecule has 0 saturated carbocycles. The SMILES string of the molecule is C=COc1ccc([N+](=O)[O-])cc1F. The van der Waals surface area contributed by atoms with Crippen LogP contribution >= 0.6 is 0 Å². The number of nitrogens with zero attached hydrogens (tertiary/aromatic N) is 1. The van der Waals surface area contributed by atoms with Crippen molar-refractivity contribution in [2.75, 3.05) is 0 Å². The maximum atomic E-state index is 12.9. The van der Waals surface area contributed by atoms with Crippen LogP contribution in [0.5, 0.6) is 5.75 Å². The Labute approximate surface area is 73.4 Å². The van der Waals surface area contributed by atoms with Crippen molar-refractivity contribution in [2.45, 2.75) is 0 Å². The maximum absolute atomic E-state index is 12.9. The van der Waals surface area contributed by atoms with Crippen LogP contribution in [0.2, 0.25) is 0 Å². The van der Waals surface area contributed by atoms with Crippen molar-refractivity contribution >= 4 is 5.69 Å². The van der Waals surface area contributed by atoms with Gasteiger partial charge in [-0.2, -0.15) is 0 Å². The molecule has 0 saturated heterocycles. The van der Waals surface area contributed by atoms with Crippen LogP contribution in [-0.2, 0) is 0 Å². The van der Waals surface area contributed by atoms with E-state index >= 15 is 0 Å². The zero-order valence-electron chi connectivity index (χ0n) is 6.57. The Morgan fingerprint density at radius 2 is 2.31 bits per heavy atom. The Balaban J connectivity index is 3.04. The second-order valence-corrected chi connectivity index (χ2v) is 2.16. The van der Waals surface area contributed by atoms with Gasteiger partial charge in [0.1, 0.15) is 0 Å². The van der Waals surface area contributed by atoms with Crippen LogP contribution in [-0.4, -0.2) is 4.92 Å². The molecule has 0 spiro atoms. The van der Waals surface area contributed by atoms with E-state index in [4.69, 9.17) is 0 Å². The largest absolute Gasteiger partial charge is 0.463 e. The van der Waals surface area contributed by atoms with Gasteiger partial charge in [-0.3, -0.25) is 10.1 Å². The van der Waals surface area contributed by atoms with E-state index in [9.17, 15) is 14.5 Å². The first kappa shape index (κ1) is 9.18.